The molecule has 10 nitrogen and oxygen atoms in total. The molecule has 1 rings (SSSR count). The van der Waals surface area contributed by atoms with Crippen LogP contribution in [0.5, 0.6) is 0 Å². The molecule has 1 heterocycles. The largest absolute Gasteiger partial charge is 0.480 e. The maximum atomic E-state index is 11.3. The van der Waals surface area contributed by atoms with Crippen molar-refractivity contribution in [2.24, 2.45) is 5.73 Å². The molecule has 18 heavy (non-hydrogen) atoms. The first kappa shape index (κ1) is 13.4. The van der Waals surface area contributed by atoms with Gasteiger partial charge < -0.3 is 26.0 Å². The van der Waals surface area contributed by atoms with Crippen LogP contribution in [0.1, 0.15) is 12.2 Å². The minimum absolute atomic E-state index is 0.0365. The Kier molecular flexibility index (Phi) is 4.60. The Labute approximate surface area is 101 Å². The molecule has 1 aromatic rings. The lowest BCUT2D eigenvalue weighted by atomic mass is 10.2. The third-order valence-corrected chi connectivity index (χ3v) is 1.82. The summed E-state index contributed by atoms with van der Waals surface area (Å²) in [5.74, 6) is -1.96. The highest BCUT2D eigenvalue weighted by molar-refractivity contribution is 5.87. The summed E-state index contributed by atoms with van der Waals surface area (Å²) in [5.41, 5.74) is 4.85. The van der Waals surface area contributed by atoms with Crippen molar-refractivity contribution in [3.05, 3.63) is 12.2 Å². The Hall–Kier alpha value is -2.65. The number of rotatable bonds is 6. The summed E-state index contributed by atoms with van der Waals surface area (Å²) < 4.78 is 4.43. The highest BCUT2D eigenvalue weighted by Gasteiger charge is 2.21. The summed E-state index contributed by atoms with van der Waals surface area (Å²) in [7, 11) is 0. The molecule has 0 aliphatic carbocycles. The smallest absolute Gasteiger partial charge is 0.326 e. The predicted octanol–water partition coefficient (Wildman–Crippen LogP) is -1.80. The molecule has 0 saturated heterocycles. The quantitative estimate of drug-likeness (QED) is 0.467. The van der Waals surface area contributed by atoms with E-state index < -0.39 is 30.4 Å². The zero-order valence-corrected chi connectivity index (χ0v) is 9.12. The third-order valence-electron chi connectivity index (χ3n) is 1.82. The molecule has 0 spiro atoms. The Bertz CT molecular complexity index is 431. The van der Waals surface area contributed by atoms with E-state index in [1.807, 2.05) is 0 Å². The average molecular weight is 257 g/mol. The number of amides is 3. The van der Waals surface area contributed by atoms with Crippen LogP contribution >= 0.6 is 0 Å². The number of nitrogens with zero attached hydrogens (tertiary/aromatic N) is 2. The fourth-order valence-electron chi connectivity index (χ4n) is 1.04. The minimum Gasteiger partial charge on any atom is -0.480 e. The molecule has 1 unspecified atom stereocenters. The number of carbonyl (C=O) groups excluding carboxylic acids is 2. The van der Waals surface area contributed by atoms with E-state index in [2.05, 4.69) is 25.3 Å². The molecule has 0 fully saturated rings. The lowest BCUT2D eigenvalue weighted by Gasteiger charge is -2.12. The highest BCUT2D eigenvalue weighted by Crippen LogP contribution is 1.92. The zero-order valence-electron chi connectivity index (χ0n) is 9.12. The number of carbonyl (C=O) groups is 3. The molecule has 3 amide bonds. The molecule has 0 radical (unpaired) electrons. The van der Waals surface area contributed by atoms with Crippen molar-refractivity contribution in [2.75, 3.05) is 0 Å². The van der Waals surface area contributed by atoms with E-state index in [0.29, 0.717) is 0 Å². The molecule has 5 N–H and O–H groups in total. The summed E-state index contributed by atoms with van der Waals surface area (Å²) in [6.07, 6.45) is 0.590. The molecular weight excluding hydrogens is 246 g/mol. The lowest BCUT2D eigenvalue weighted by molar-refractivity contribution is -0.140. The maximum absolute atomic E-state index is 11.3. The second kappa shape index (κ2) is 6.18. The number of carboxylic acids is 1. The topological polar surface area (TPSA) is 160 Å². The van der Waals surface area contributed by atoms with Crippen LogP contribution < -0.4 is 16.4 Å². The van der Waals surface area contributed by atoms with Gasteiger partial charge in [0.15, 0.2) is 5.82 Å². The van der Waals surface area contributed by atoms with Gasteiger partial charge in [-0.05, 0) is 0 Å². The second-order valence-electron chi connectivity index (χ2n) is 3.24. The third kappa shape index (κ3) is 4.47. The molecular formula is C8H11N5O5. The van der Waals surface area contributed by atoms with Crippen LogP contribution in [-0.2, 0) is 16.1 Å². The van der Waals surface area contributed by atoms with Gasteiger partial charge in [-0.3, -0.25) is 4.79 Å². The van der Waals surface area contributed by atoms with Gasteiger partial charge >= 0.3 is 12.0 Å². The van der Waals surface area contributed by atoms with E-state index in [9.17, 15) is 14.4 Å². The van der Waals surface area contributed by atoms with Crippen LogP contribution in [0.3, 0.4) is 0 Å². The number of hydrogen-bond donors (Lipinski definition) is 4. The Morgan fingerprint density at radius 3 is 2.72 bits per heavy atom. The van der Waals surface area contributed by atoms with Gasteiger partial charge in [0.1, 0.15) is 6.04 Å². The van der Waals surface area contributed by atoms with Crippen LogP contribution in [-0.4, -0.2) is 39.2 Å². The van der Waals surface area contributed by atoms with Gasteiger partial charge in [-0.15, -0.1) is 0 Å². The van der Waals surface area contributed by atoms with Gasteiger partial charge in [-0.25, -0.2) is 9.59 Å². The van der Waals surface area contributed by atoms with Gasteiger partial charge in [0.25, 0.3) is 0 Å². The predicted molar refractivity (Wildman–Crippen MR) is 54.9 cm³/mol. The first-order valence-corrected chi connectivity index (χ1v) is 4.79. The second-order valence-corrected chi connectivity index (χ2v) is 3.24. The molecule has 0 saturated carbocycles. The van der Waals surface area contributed by atoms with E-state index in [0.717, 1.165) is 6.39 Å². The van der Waals surface area contributed by atoms with Gasteiger partial charge in [-0.2, -0.15) is 4.98 Å². The summed E-state index contributed by atoms with van der Waals surface area (Å²) >= 11 is 0. The Morgan fingerprint density at radius 1 is 1.50 bits per heavy atom. The maximum Gasteiger partial charge on any atom is 0.326 e. The van der Waals surface area contributed by atoms with Gasteiger partial charge in [0, 0.05) is 0 Å². The van der Waals surface area contributed by atoms with Crippen LogP contribution in [0.25, 0.3) is 0 Å². The molecule has 0 aliphatic rings. The van der Waals surface area contributed by atoms with Crippen molar-refractivity contribution in [3.63, 3.8) is 0 Å². The number of primary amides is 1. The van der Waals surface area contributed by atoms with Crippen molar-refractivity contribution >= 4 is 17.9 Å². The first-order valence-electron chi connectivity index (χ1n) is 4.79. The molecule has 1 atom stereocenters. The summed E-state index contributed by atoms with van der Waals surface area (Å²) in [5, 5.41) is 16.5. The van der Waals surface area contributed by atoms with E-state index in [1.165, 1.54) is 0 Å². The van der Waals surface area contributed by atoms with E-state index in [1.54, 1.807) is 0 Å². The monoisotopic (exact) mass is 257 g/mol. The number of aliphatic carboxylic acids is 1. The van der Waals surface area contributed by atoms with Gasteiger partial charge in [0.05, 0.1) is 13.0 Å². The zero-order chi connectivity index (χ0) is 13.5. The SMILES string of the molecule is NC(=O)CC(NC(=O)NCc1ncon1)C(=O)O. The van der Waals surface area contributed by atoms with Crippen molar-refractivity contribution in [3.8, 4) is 0 Å². The number of aromatic nitrogens is 2. The first-order chi connectivity index (χ1) is 8.49. The van der Waals surface area contributed by atoms with Gasteiger partial charge in [-0.1, -0.05) is 5.16 Å². The minimum atomic E-state index is -1.38. The van der Waals surface area contributed by atoms with Crippen LogP contribution in [0.2, 0.25) is 0 Å². The van der Waals surface area contributed by atoms with E-state index in [-0.39, 0.29) is 12.4 Å². The summed E-state index contributed by atoms with van der Waals surface area (Å²) in [6, 6.07) is -2.17. The van der Waals surface area contributed by atoms with Crippen LogP contribution in [0, 0.1) is 0 Å². The number of carboxylic acid groups (broad SMARTS) is 1. The normalized spacial score (nSPS) is 11.6. The summed E-state index contributed by atoms with van der Waals surface area (Å²) in [6.45, 7) is -0.0365. The molecule has 1 aromatic heterocycles. The molecule has 10 heteroatoms. The number of hydrogen-bond acceptors (Lipinski definition) is 6. The fraction of sp³-hybridized carbons (Fsp3) is 0.375. The molecule has 0 aromatic carbocycles. The lowest BCUT2D eigenvalue weighted by Crippen LogP contribution is -2.47. The number of urea groups is 1. The Balaban J connectivity index is 2.41. The van der Waals surface area contributed by atoms with Crippen molar-refractivity contribution in [1.29, 1.82) is 0 Å². The summed E-state index contributed by atoms with van der Waals surface area (Å²) in [4.78, 5) is 36.3. The van der Waals surface area contributed by atoms with E-state index in [4.69, 9.17) is 10.8 Å². The fourth-order valence-corrected chi connectivity index (χ4v) is 1.04. The molecule has 0 bridgehead atoms. The standard InChI is InChI=1S/C8H11N5O5/c9-5(14)1-4(7(15)16)12-8(17)10-2-6-11-3-18-13-6/h3-4H,1-2H2,(H2,9,14)(H,15,16)(H2,10,12,17). The average Bonchev–Trinajstić information content (AvgIpc) is 2.77. The van der Waals surface area contributed by atoms with Gasteiger partial charge in [0.2, 0.25) is 12.3 Å². The van der Waals surface area contributed by atoms with Crippen LogP contribution in [0.4, 0.5) is 4.79 Å². The molecule has 0 aliphatic heterocycles. The van der Waals surface area contributed by atoms with Crippen LogP contribution in [0.15, 0.2) is 10.9 Å². The number of nitrogens with two attached hydrogens (primary N) is 1. The Morgan fingerprint density at radius 2 is 2.22 bits per heavy atom. The van der Waals surface area contributed by atoms with Crippen molar-refractivity contribution < 1.29 is 24.0 Å². The van der Waals surface area contributed by atoms with Crippen molar-refractivity contribution in [2.45, 2.75) is 19.0 Å². The van der Waals surface area contributed by atoms with Crippen molar-refractivity contribution in [1.82, 2.24) is 20.8 Å². The highest BCUT2D eigenvalue weighted by atomic mass is 16.5. The number of nitrogens with one attached hydrogen (secondary N) is 2. The van der Waals surface area contributed by atoms with E-state index >= 15 is 0 Å². The molecule has 98 valence electrons.